The summed E-state index contributed by atoms with van der Waals surface area (Å²) >= 11 is 1.11. The highest BCUT2D eigenvalue weighted by atomic mass is 35.5. The lowest BCUT2D eigenvalue weighted by molar-refractivity contribution is 0.229. The summed E-state index contributed by atoms with van der Waals surface area (Å²) in [4.78, 5) is 8.49. The van der Waals surface area contributed by atoms with Crippen LogP contribution in [0.15, 0.2) is 28.1 Å². The second kappa shape index (κ2) is 6.19. The van der Waals surface area contributed by atoms with Crippen LogP contribution in [0, 0.1) is 11.6 Å². The van der Waals surface area contributed by atoms with Gasteiger partial charge in [0.1, 0.15) is 22.3 Å². The predicted molar refractivity (Wildman–Crippen MR) is 87.7 cm³/mol. The Labute approximate surface area is 146 Å². The zero-order chi connectivity index (χ0) is 16.0. The number of rotatable bonds is 3. The van der Waals surface area contributed by atoms with Gasteiger partial charge in [0.05, 0.1) is 11.1 Å². The molecule has 4 rings (SSSR count). The van der Waals surface area contributed by atoms with Gasteiger partial charge in [-0.2, -0.15) is 4.98 Å². The summed E-state index contributed by atoms with van der Waals surface area (Å²) in [7, 11) is 0. The summed E-state index contributed by atoms with van der Waals surface area (Å²) in [5.74, 6) is -0.665. The SMILES string of the molecule is Cl.NC1(c2noc(-c3csc(-c4c(F)cccc4F)n3)n2)CCC1. The molecule has 1 saturated carbocycles. The van der Waals surface area contributed by atoms with Gasteiger partial charge in [0.15, 0.2) is 5.82 Å². The molecule has 1 aromatic carbocycles. The monoisotopic (exact) mass is 370 g/mol. The maximum absolute atomic E-state index is 13.8. The highest BCUT2D eigenvalue weighted by Crippen LogP contribution is 2.38. The summed E-state index contributed by atoms with van der Waals surface area (Å²) in [5, 5.41) is 5.76. The molecule has 1 aliphatic carbocycles. The van der Waals surface area contributed by atoms with Crippen LogP contribution in [0.2, 0.25) is 0 Å². The minimum atomic E-state index is -0.660. The minimum Gasteiger partial charge on any atom is -0.332 e. The van der Waals surface area contributed by atoms with E-state index in [1.165, 1.54) is 18.2 Å². The van der Waals surface area contributed by atoms with Gasteiger partial charge in [0.25, 0.3) is 5.89 Å². The Morgan fingerprint density at radius 2 is 1.88 bits per heavy atom. The molecule has 24 heavy (non-hydrogen) atoms. The third-order valence-electron chi connectivity index (χ3n) is 4.02. The number of aromatic nitrogens is 3. The molecule has 0 unspecified atom stereocenters. The molecule has 3 aromatic rings. The Morgan fingerprint density at radius 3 is 2.50 bits per heavy atom. The lowest BCUT2D eigenvalue weighted by Crippen LogP contribution is -2.44. The van der Waals surface area contributed by atoms with Crippen LogP contribution < -0.4 is 5.73 Å². The van der Waals surface area contributed by atoms with E-state index in [9.17, 15) is 8.78 Å². The molecule has 0 bridgehead atoms. The maximum atomic E-state index is 13.8. The molecule has 2 aromatic heterocycles. The largest absolute Gasteiger partial charge is 0.332 e. The fraction of sp³-hybridized carbons (Fsp3) is 0.267. The average Bonchev–Trinajstić information content (AvgIpc) is 3.13. The van der Waals surface area contributed by atoms with Gasteiger partial charge >= 0.3 is 0 Å². The van der Waals surface area contributed by atoms with Crippen LogP contribution in [0.25, 0.3) is 22.2 Å². The summed E-state index contributed by atoms with van der Waals surface area (Å²) in [6.45, 7) is 0. The molecule has 0 radical (unpaired) electrons. The van der Waals surface area contributed by atoms with E-state index >= 15 is 0 Å². The van der Waals surface area contributed by atoms with Crippen molar-refractivity contribution in [2.45, 2.75) is 24.8 Å². The van der Waals surface area contributed by atoms with E-state index in [1.54, 1.807) is 5.38 Å². The normalized spacial score (nSPS) is 15.6. The van der Waals surface area contributed by atoms with E-state index in [2.05, 4.69) is 15.1 Å². The van der Waals surface area contributed by atoms with Crippen LogP contribution in [0.5, 0.6) is 0 Å². The van der Waals surface area contributed by atoms with E-state index in [-0.39, 0.29) is 28.9 Å². The van der Waals surface area contributed by atoms with Crippen molar-refractivity contribution in [3.8, 4) is 22.2 Å². The fourth-order valence-corrected chi connectivity index (χ4v) is 3.34. The number of halogens is 3. The first-order valence-electron chi connectivity index (χ1n) is 7.10. The highest BCUT2D eigenvalue weighted by molar-refractivity contribution is 7.13. The first-order valence-corrected chi connectivity index (χ1v) is 7.98. The van der Waals surface area contributed by atoms with Crippen molar-refractivity contribution in [2.24, 2.45) is 5.73 Å². The Kier molecular flexibility index (Phi) is 4.37. The van der Waals surface area contributed by atoms with Crippen molar-refractivity contribution in [2.75, 3.05) is 0 Å². The van der Waals surface area contributed by atoms with Gasteiger partial charge in [-0.3, -0.25) is 0 Å². The van der Waals surface area contributed by atoms with Crippen molar-refractivity contribution in [1.29, 1.82) is 0 Å². The van der Waals surface area contributed by atoms with Crippen molar-refractivity contribution in [1.82, 2.24) is 15.1 Å². The fourth-order valence-electron chi connectivity index (χ4n) is 2.50. The standard InChI is InChI=1S/C15H12F2N4OS.ClH/c16-8-3-1-4-9(17)11(8)13-19-10(7-23-13)12-20-14(21-22-12)15(18)5-2-6-15;/h1,3-4,7H,2,5-6,18H2;1H. The Morgan fingerprint density at radius 1 is 1.17 bits per heavy atom. The lowest BCUT2D eigenvalue weighted by Gasteiger charge is -2.34. The molecule has 1 aliphatic rings. The van der Waals surface area contributed by atoms with Gasteiger partial charge in [-0.15, -0.1) is 23.7 Å². The summed E-state index contributed by atoms with van der Waals surface area (Å²) in [6, 6.07) is 3.70. The van der Waals surface area contributed by atoms with Crippen molar-refractivity contribution < 1.29 is 13.3 Å². The van der Waals surface area contributed by atoms with Gasteiger partial charge in [0.2, 0.25) is 0 Å². The zero-order valence-electron chi connectivity index (χ0n) is 12.3. The molecule has 1 fully saturated rings. The van der Waals surface area contributed by atoms with Crippen molar-refractivity contribution >= 4 is 23.7 Å². The molecule has 0 spiro atoms. The maximum Gasteiger partial charge on any atom is 0.277 e. The molecular formula is C15H13ClF2N4OS. The van der Waals surface area contributed by atoms with Gasteiger partial charge in [-0.25, -0.2) is 13.8 Å². The third kappa shape index (κ3) is 2.70. The van der Waals surface area contributed by atoms with Crippen LogP contribution in [0.3, 0.4) is 0 Å². The molecule has 0 saturated heterocycles. The second-order valence-corrected chi connectivity index (χ2v) is 6.43. The summed E-state index contributed by atoms with van der Waals surface area (Å²) in [6.07, 6.45) is 2.66. The number of nitrogens with zero attached hydrogens (tertiary/aromatic N) is 3. The van der Waals surface area contributed by atoms with Crippen LogP contribution in [0.1, 0.15) is 25.1 Å². The van der Waals surface area contributed by atoms with E-state index in [4.69, 9.17) is 10.3 Å². The van der Waals surface area contributed by atoms with Gasteiger partial charge in [0, 0.05) is 5.38 Å². The van der Waals surface area contributed by atoms with Gasteiger partial charge < -0.3 is 10.3 Å². The van der Waals surface area contributed by atoms with Gasteiger partial charge in [-0.05, 0) is 31.4 Å². The van der Waals surface area contributed by atoms with Crippen LogP contribution in [-0.2, 0) is 5.54 Å². The van der Waals surface area contributed by atoms with E-state index in [1.807, 2.05) is 0 Å². The smallest absolute Gasteiger partial charge is 0.277 e. The van der Waals surface area contributed by atoms with E-state index < -0.39 is 17.2 Å². The topological polar surface area (TPSA) is 77.8 Å². The number of benzene rings is 1. The van der Waals surface area contributed by atoms with Crippen molar-refractivity contribution in [3.05, 3.63) is 41.0 Å². The Bertz CT molecular complexity index is 858. The molecule has 126 valence electrons. The number of hydrogen-bond donors (Lipinski definition) is 1. The number of hydrogen-bond acceptors (Lipinski definition) is 6. The second-order valence-electron chi connectivity index (χ2n) is 5.57. The molecule has 2 heterocycles. The predicted octanol–water partition coefficient (Wildman–Crippen LogP) is 3.90. The van der Waals surface area contributed by atoms with E-state index in [0.29, 0.717) is 11.5 Å². The summed E-state index contributed by atoms with van der Waals surface area (Å²) in [5.41, 5.74) is 5.85. The van der Waals surface area contributed by atoms with Crippen LogP contribution >= 0.6 is 23.7 Å². The Balaban J connectivity index is 0.00000169. The molecule has 2 N–H and O–H groups in total. The van der Waals surface area contributed by atoms with E-state index in [0.717, 1.165) is 30.6 Å². The summed E-state index contributed by atoms with van der Waals surface area (Å²) < 4.78 is 32.8. The van der Waals surface area contributed by atoms with Crippen LogP contribution in [0.4, 0.5) is 8.78 Å². The first kappa shape index (κ1) is 16.9. The molecule has 9 heteroatoms. The number of thiazole rings is 1. The third-order valence-corrected chi connectivity index (χ3v) is 4.88. The van der Waals surface area contributed by atoms with Gasteiger partial charge in [-0.1, -0.05) is 11.2 Å². The molecular weight excluding hydrogens is 358 g/mol. The number of nitrogens with two attached hydrogens (primary N) is 1. The van der Waals surface area contributed by atoms with Crippen molar-refractivity contribution in [3.63, 3.8) is 0 Å². The molecule has 0 amide bonds. The zero-order valence-corrected chi connectivity index (χ0v) is 14.0. The average molecular weight is 371 g/mol. The minimum absolute atomic E-state index is 0. The molecule has 0 atom stereocenters. The Hall–Kier alpha value is -1.90. The first-order chi connectivity index (χ1) is 11.1. The lowest BCUT2D eigenvalue weighted by atomic mass is 9.77. The van der Waals surface area contributed by atoms with Crippen LogP contribution in [-0.4, -0.2) is 15.1 Å². The highest BCUT2D eigenvalue weighted by Gasteiger charge is 2.39. The molecule has 5 nitrogen and oxygen atoms in total. The quantitative estimate of drug-likeness (QED) is 0.756. The molecule has 0 aliphatic heterocycles.